The lowest BCUT2D eigenvalue weighted by Crippen LogP contribution is -2.56. The smallest absolute Gasteiger partial charge is 0.379 e. The molecule has 2 saturated heterocycles. The number of benzene rings is 1. The Morgan fingerprint density at radius 3 is 2.19 bits per heavy atom. The van der Waals surface area contributed by atoms with Gasteiger partial charge in [0.05, 0.1) is 26.2 Å². The molecule has 0 amide bonds. The molecule has 0 aromatic heterocycles. The Balaban J connectivity index is 1.63. The molecular weight excluding hydrogens is 266 g/mol. The van der Waals surface area contributed by atoms with E-state index in [4.69, 9.17) is 4.74 Å². The Morgan fingerprint density at radius 1 is 1.05 bits per heavy atom. The maximum absolute atomic E-state index is 12.0. The second-order valence-electron chi connectivity index (χ2n) is 6.71. The summed E-state index contributed by atoms with van der Waals surface area (Å²) >= 11 is 0. The molecule has 0 aliphatic carbocycles. The van der Waals surface area contributed by atoms with Crippen LogP contribution in [-0.2, 0) is 9.53 Å². The van der Waals surface area contributed by atoms with Crippen molar-refractivity contribution in [3.05, 3.63) is 35.9 Å². The number of esters is 1. The first-order chi connectivity index (χ1) is 9.98. The molecule has 0 saturated carbocycles. The van der Waals surface area contributed by atoms with Crippen LogP contribution in [0.2, 0.25) is 0 Å². The highest BCUT2D eigenvalue weighted by molar-refractivity contribution is 6.40. The summed E-state index contributed by atoms with van der Waals surface area (Å²) < 4.78 is 6.51. The normalized spacial score (nSPS) is 29.9. The number of ketones is 1. The van der Waals surface area contributed by atoms with Crippen LogP contribution in [0, 0.1) is 0 Å². The summed E-state index contributed by atoms with van der Waals surface area (Å²) in [5.74, 6) is -1.25. The van der Waals surface area contributed by atoms with Gasteiger partial charge in [-0.3, -0.25) is 4.79 Å². The zero-order chi connectivity index (χ0) is 15.0. The molecule has 3 rings (SSSR count). The Morgan fingerprint density at radius 2 is 1.62 bits per heavy atom. The maximum Gasteiger partial charge on any atom is 0.379 e. The van der Waals surface area contributed by atoms with E-state index < -0.39 is 11.8 Å². The van der Waals surface area contributed by atoms with Crippen molar-refractivity contribution in [1.29, 1.82) is 0 Å². The monoisotopic (exact) mass is 288 g/mol. The predicted molar refractivity (Wildman–Crippen MR) is 78.8 cm³/mol. The van der Waals surface area contributed by atoms with Crippen molar-refractivity contribution in [2.24, 2.45) is 0 Å². The largest absolute Gasteiger partial charge is 0.456 e. The van der Waals surface area contributed by atoms with Crippen LogP contribution in [-0.4, -0.2) is 48.5 Å². The van der Waals surface area contributed by atoms with Crippen molar-refractivity contribution in [3.8, 4) is 0 Å². The van der Waals surface area contributed by atoms with Crippen LogP contribution in [0.5, 0.6) is 0 Å². The van der Waals surface area contributed by atoms with Crippen molar-refractivity contribution >= 4 is 11.8 Å². The lowest BCUT2D eigenvalue weighted by molar-refractivity contribution is -0.931. The van der Waals surface area contributed by atoms with E-state index in [0.717, 1.165) is 17.3 Å². The molecule has 112 valence electrons. The molecule has 1 unspecified atom stereocenters. The second-order valence-corrected chi connectivity index (χ2v) is 6.71. The number of nitrogens with zero attached hydrogens (tertiary/aromatic N) is 1. The molecule has 0 radical (unpaired) electrons. The average molecular weight is 288 g/mol. The van der Waals surface area contributed by atoms with Gasteiger partial charge in [-0.05, 0) is 0 Å². The van der Waals surface area contributed by atoms with E-state index in [1.165, 1.54) is 12.8 Å². The van der Waals surface area contributed by atoms with E-state index >= 15 is 0 Å². The van der Waals surface area contributed by atoms with Gasteiger partial charge >= 0.3 is 5.97 Å². The Hall–Kier alpha value is -1.68. The minimum Gasteiger partial charge on any atom is -0.456 e. The van der Waals surface area contributed by atoms with Crippen LogP contribution in [0.1, 0.15) is 36.0 Å². The van der Waals surface area contributed by atoms with E-state index in [2.05, 4.69) is 14.1 Å². The van der Waals surface area contributed by atoms with Gasteiger partial charge in [0.2, 0.25) is 0 Å². The minimum absolute atomic E-state index is 0.103. The average Bonchev–Trinajstić information content (AvgIpc) is 2.67. The Bertz CT molecular complexity index is 536. The number of ether oxygens (including phenoxy) is 1. The molecule has 4 nitrogen and oxygen atoms in total. The molecule has 2 aliphatic heterocycles. The zero-order valence-corrected chi connectivity index (χ0v) is 12.6. The van der Waals surface area contributed by atoms with Gasteiger partial charge in [0.15, 0.2) is 0 Å². The SMILES string of the molecule is C[N+]1(C)[C@@H]2CC[C@H]1CC(OC(=O)C(=O)c1ccccc1)C2. The van der Waals surface area contributed by atoms with E-state index in [0.29, 0.717) is 17.6 Å². The Kier molecular flexibility index (Phi) is 3.57. The van der Waals surface area contributed by atoms with Gasteiger partial charge < -0.3 is 9.22 Å². The van der Waals surface area contributed by atoms with Crippen LogP contribution >= 0.6 is 0 Å². The fraction of sp³-hybridized carbons (Fsp3) is 0.529. The standard InChI is InChI=1S/C17H22NO3/c1-18(2)13-8-9-14(18)11-15(10-13)21-17(20)16(19)12-6-4-3-5-7-12/h3-7,13-15H,8-11H2,1-2H3/q+1/t13-,14+,15?. The van der Waals surface area contributed by atoms with Crippen LogP contribution in [0.25, 0.3) is 0 Å². The number of carbonyl (C=O) groups excluding carboxylic acids is 2. The number of Topliss-reactive ketones (excluding diaryl/α,β-unsaturated/α-hetero) is 1. The van der Waals surface area contributed by atoms with Gasteiger partial charge in [-0.25, -0.2) is 4.79 Å². The number of quaternary nitrogens is 1. The van der Waals surface area contributed by atoms with Crippen molar-refractivity contribution in [2.75, 3.05) is 14.1 Å². The van der Waals surface area contributed by atoms with Gasteiger partial charge in [-0.1, -0.05) is 30.3 Å². The molecule has 1 aromatic rings. The summed E-state index contributed by atoms with van der Waals surface area (Å²) in [5, 5.41) is 0. The van der Waals surface area contributed by atoms with Crippen molar-refractivity contribution in [2.45, 2.75) is 43.9 Å². The van der Waals surface area contributed by atoms with Crippen molar-refractivity contribution in [3.63, 3.8) is 0 Å². The van der Waals surface area contributed by atoms with Crippen LogP contribution < -0.4 is 0 Å². The molecule has 21 heavy (non-hydrogen) atoms. The minimum atomic E-state index is -0.710. The van der Waals surface area contributed by atoms with Crippen LogP contribution in [0.3, 0.4) is 0 Å². The number of hydrogen-bond donors (Lipinski definition) is 0. The highest BCUT2D eigenvalue weighted by Crippen LogP contribution is 2.40. The summed E-state index contributed by atoms with van der Waals surface area (Å²) in [7, 11) is 4.52. The predicted octanol–water partition coefficient (Wildman–Crippen LogP) is 2.18. The van der Waals surface area contributed by atoms with E-state index in [9.17, 15) is 9.59 Å². The molecule has 3 atom stereocenters. The third-order valence-corrected chi connectivity index (χ3v) is 5.28. The van der Waals surface area contributed by atoms with E-state index in [1.807, 2.05) is 6.07 Å². The summed E-state index contributed by atoms with van der Waals surface area (Å²) in [6.07, 6.45) is 4.03. The highest BCUT2D eigenvalue weighted by atomic mass is 16.5. The number of fused-ring (bicyclic) bond motifs is 2. The van der Waals surface area contributed by atoms with Gasteiger partial charge in [-0.2, -0.15) is 0 Å². The first-order valence-electron chi connectivity index (χ1n) is 7.62. The lowest BCUT2D eigenvalue weighted by atomic mass is 9.98. The van der Waals surface area contributed by atoms with Gasteiger partial charge in [-0.15, -0.1) is 0 Å². The third kappa shape index (κ3) is 2.60. The molecule has 2 bridgehead atoms. The zero-order valence-electron chi connectivity index (χ0n) is 12.6. The molecule has 4 heteroatoms. The number of piperidine rings is 1. The van der Waals surface area contributed by atoms with Crippen LogP contribution in [0.4, 0.5) is 0 Å². The first-order valence-corrected chi connectivity index (χ1v) is 7.62. The fourth-order valence-electron chi connectivity index (χ4n) is 3.84. The number of rotatable bonds is 3. The maximum atomic E-state index is 12.0. The summed E-state index contributed by atoms with van der Waals surface area (Å²) in [6, 6.07) is 9.72. The van der Waals surface area contributed by atoms with Gasteiger partial charge in [0.1, 0.15) is 6.10 Å². The highest BCUT2D eigenvalue weighted by Gasteiger charge is 2.50. The van der Waals surface area contributed by atoms with E-state index in [-0.39, 0.29) is 6.10 Å². The number of hydrogen-bond acceptors (Lipinski definition) is 3. The topological polar surface area (TPSA) is 43.4 Å². The quantitative estimate of drug-likeness (QED) is 0.370. The van der Waals surface area contributed by atoms with Crippen LogP contribution in [0.15, 0.2) is 30.3 Å². The third-order valence-electron chi connectivity index (χ3n) is 5.28. The fourth-order valence-corrected chi connectivity index (χ4v) is 3.84. The number of carbonyl (C=O) groups is 2. The Labute approximate surface area is 125 Å². The first kappa shape index (κ1) is 14.3. The molecule has 1 aromatic carbocycles. The molecule has 2 heterocycles. The summed E-state index contributed by atoms with van der Waals surface area (Å²) in [6.45, 7) is 0. The van der Waals surface area contributed by atoms with Gasteiger partial charge in [0, 0.05) is 31.2 Å². The van der Waals surface area contributed by atoms with Crippen molar-refractivity contribution < 1.29 is 18.8 Å². The summed E-state index contributed by atoms with van der Waals surface area (Å²) in [4.78, 5) is 24.1. The van der Waals surface area contributed by atoms with Gasteiger partial charge in [0.25, 0.3) is 5.78 Å². The van der Waals surface area contributed by atoms with Crippen molar-refractivity contribution in [1.82, 2.24) is 0 Å². The molecule has 2 fully saturated rings. The molecule has 2 aliphatic rings. The second kappa shape index (κ2) is 5.26. The molecular formula is C17H22NO3+. The summed E-state index contributed by atoms with van der Waals surface area (Å²) in [5.41, 5.74) is 0.400. The molecule has 0 spiro atoms. The molecule has 0 N–H and O–H groups in total. The van der Waals surface area contributed by atoms with E-state index in [1.54, 1.807) is 24.3 Å². The lowest BCUT2D eigenvalue weighted by Gasteiger charge is -2.43.